The summed E-state index contributed by atoms with van der Waals surface area (Å²) in [6, 6.07) is 9.62. The third-order valence-corrected chi connectivity index (χ3v) is 6.45. The fourth-order valence-electron chi connectivity index (χ4n) is 3.65. The highest BCUT2D eigenvalue weighted by Gasteiger charge is 2.49. The van der Waals surface area contributed by atoms with Gasteiger partial charge in [-0.1, -0.05) is 50.0 Å². The highest BCUT2D eigenvalue weighted by molar-refractivity contribution is 6.87. The van der Waals surface area contributed by atoms with E-state index in [-0.39, 0.29) is 17.6 Å². The van der Waals surface area contributed by atoms with E-state index in [0.29, 0.717) is 0 Å². The molecule has 1 aromatic rings. The summed E-state index contributed by atoms with van der Waals surface area (Å²) < 4.78 is 0. The molecule has 0 heterocycles. The molecule has 0 saturated heterocycles. The number of benzene rings is 1. The van der Waals surface area contributed by atoms with Crippen molar-refractivity contribution in [1.82, 2.24) is 0 Å². The molecule has 0 bridgehead atoms. The molecule has 4 atom stereocenters. The lowest BCUT2D eigenvalue weighted by atomic mass is 9.80. The molecule has 0 amide bonds. The lowest BCUT2D eigenvalue weighted by molar-refractivity contribution is -0.117. The maximum Gasteiger partial charge on any atom is 0.163 e. The molecule has 0 radical (unpaired) electrons. The van der Waals surface area contributed by atoms with Gasteiger partial charge in [0, 0.05) is 5.92 Å². The quantitative estimate of drug-likeness (QED) is 0.839. The van der Waals surface area contributed by atoms with Gasteiger partial charge < -0.3 is 10.2 Å². The summed E-state index contributed by atoms with van der Waals surface area (Å²) in [6.07, 6.45) is -1.38. The summed E-state index contributed by atoms with van der Waals surface area (Å²) in [5.74, 6) is -0.628. The molecule has 1 aliphatic rings. The number of carbonyl (C=O) groups excluding carboxylic acids is 1. The second kappa shape index (κ2) is 6.11. The summed E-state index contributed by atoms with van der Waals surface area (Å²) in [5, 5.41) is 21.4. The van der Waals surface area contributed by atoms with Crippen molar-refractivity contribution in [3.8, 4) is 0 Å². The van der Waals surface area contributed by atoms with E-state index in [1.54, 1.807) is 13.8 Å². The monoisotopic (exact) mass is 318 g/mol. The van der Waals surface area contributed by atoms with E-state index in [1.165, 1.54) is 0 Å². The minimum Gasteiger partial charge on any atom is -0.393 e. The van der Waals surface area contributed by atoms with Gasteiger partial charge in [-0.25, -0.2) is 0 Å². The van der Waals surface area contributed by atoms with E-state index >= 15 is 0 Å². The molecular formula is C18H26O3Si. The smallest absolute Gasteiger partial charge is 0.163 e. The first-order chi connectivity index (χ1) is 10.2. The van der Waals surface area contributed by atoms with Crippen LogP contribution in [-0.2, 0) is 4.79 Å². The van der Waals surface area contributed by atoms with Gasteiger partial charge in [-0.15, -0.1) is 0 Å². The number of ketones is 1. The van der Waals surface area contributed by atoms with Crippen molar-refractivity contribution < 1.29 is 15.0 Å². The van der Waals surface area contributed by atoms with Crippen LogP contribution >= 0.6 is 0 Å². The number of aliphatic hydroxyl groups excluding tert-OH is 2. The first-order valence-electron chi connectivity index (χ1n) is 7.86. The SMILES string of the molecule is C[C@H](O)C1=C([Si](C)(C)C)C(=O)C(c2ccccc2)C1[C@H](C)O. The minimum absolute atomic E-state index is 0.0900. The van der Waals surface area contributed by atoms with Crippen molar-refractivity contribution in [2.24, 2.45) is 5.92 Å². The van der Waals surface area contributed by atoms with Crippen LogP contribution in [0.25, 0.3) is 0 Å². The molecule has 2 N–H and O–H groups in total. The minimum atomic E-state index is -1.92. The lowest BCUT2D eigenvalue weighted by Crippen LogP contribution is -2.30. The highest BCUT2D eigenvalue weighted by atomic mass is 28.3. The van der Waals surface area contributed by atoms with Crippen LogP contribution in [0.5, 0.6) is 0 Å². The Balaban J connectivity index is 2.64. The summed E-state index contributed by atoms with van der Waals surface area (Å²) in [4.78, 5) is 13.1. The van der Waals surface area contributed by atoms with Crippen LogP contribution in [0.1, 0.15) is 25.3 Å². The summed E-state index contributed by atoms with van der Waals surface area (Å²) in [7, 11) is -1.92. The summed E-state index contributed by atoms with van der Waals surface area (Å²) in [5.41, 5.74) is 1.68. The highest BCUT2D eigenvalue weighted by Crippen LogP contribution is 2.46. The molecule has 3 nitrogen and oxygen atoms in total. The predicted octanol–water partition coefficient (Wildman–Crippen LogP) is 2.90. The number of rotatable bonds is 4. The second-order valence-electron chi connectivity index (χ2n) is 7.28. The van der Waals surface area contributed by atoms with Gasteiger partial charge in [0.2, 0.25) is 0 Å². The molecule has 0 saturated carbocycles. The van der Waals surface area contributed by atoms with Gasteiger partial charge in [0.15, 0.2) is 5.78 Å². The van der Waals surface area contributed by atoms with Crippen LogP contribution in [0.3, 0.4) is 0 Å². The lowest BCUT2D eigenvalue weighted by Gasteiger charge is -2.26. The zero-order chi connectivity index (χ0) is 16.7. The number of hydrogen-bond donors (Lipinski definition) is 2. The Labute approximate surface area is 133 Å². The van der Waals surface area contributed by atoms with Crippen molar-refractivity contribution in [1.29, 1.82) is 0 Å². The standard InChI is InChI=1S/C18H26O3Si/c1-11(19)14-15(12(2)20)18(22(3,4)5)17(21)16(14)13-9-7-6-8-10-13/h6-12,14,16,19-20H,1-5H3/t11-,12-,14?,16?/m0/s1. The number of hydrogen-bond acceptors (Lipinski definition) is 3. The number of Topliss-reactive ketones (excluding diaryl/α,β-unsaturated/α-hetero) is 1. The topological polar surface area (TPSA) is 57.5 Å². The van der Waals surface area contributed by atoms with Crippen LogP contribution in [0.15, 0.2) is 41.1 Å². The molecule has 0 aliphatic heterocycles. The van der Waals surface area contributed by atoms with Crippen molar-refractivity contribution in [2.75, 3.05) is 0 Å². The van der Waals surface area contributed by atoms with E-state index in [2.05, 4.69) is 19.6 Å². The van der Waals surface area contributed by atoms with Crippen molar-refractivity contribution in [3.63, 3.8) is 0 Å². The predicted molar refractivity (Wildman–Crippen MR) is 91.4 cm³/mol. The largest absolute Gasteiger partial charge is 0.393 e. The molecule has 22 heavy (non-hydrogen) atoms. The molecule has 0 aromatic heterocycles. The first kappa shape index (κ1) is 17.1. The van der Waals surface area contributed by atoms with E-state index in [0.717, 1.165) is 16.3 Å². The van der Waals surface area contributed by atoms with Crippen LogP contribution in [0, 0.1) is 5.92 Å². The van der Waals surface area contributed by atoms with Crippen LogP contribution in [0.4, 0.5) is 0 Å². The molecule has 2 rings (SSSR count). The van der Waals surface area contributed by atoms with Gasteiger partial charge in [-0.3, -0.25) is 4.79 Å². The Bertz CT molecular complexity index is 582. The van der Waals surface area contributed by atoms with Gasteiger partial charge in [0.05, 0.1) is 26.2 Å². The Hall–Kier alpha value is -1.23. The zero-order valence-corrected chi connectivity index (χ0v) is 15.0. The second-order valence-corrected chi connectivity index (χ2v) is 12.3. The third-order valence-electron chi connectivity index (χ3n) is 4.41. The number of allylic oxidation sites excluding steroid dienone is 1. The summed E-state index contributed by atoms with van der Waals surface area (Å²) >= 11 is 0. The normalized spacial score (nSPS) is 25.5. The Morgan fingerprint density at radius 3 is 2.00 bits per heavy atom. The van der Waals surface area contributed by atoms with Gasteiger partial charge in [-0.05, 0) is 30.2 Å². The molecule has 1 aromatic carbocycles. The average molecular weight is 318 g/mol. The van der Waals surface area contributed by atoms with Crippen molar-refractivity contribution in [2.45, 2.75) is 51.6 Å². The molecule has 0 fully saturated rings. The summed E-state index contributed by atoms with van der Waals surface area (Å²) in [6.45, 7) is 9.77. The van der Waals surface area contributed by atoms with Gasteiger partial charge in [0.1, 0.15) is 0 Å². The Morgan fingerprint density at radius 2 is 1.59 bits per heavy atom. The molecule has 0 spiro atoms. The van der Waals surface area contributed by atoms with Crippen molar-refractivity contribution in [3.05, 3.63) is 46.7 Å². The molecule has 2 unspecified atom stereocenters. The van der Waals surface area contributed by atoms with Crippen molar-refractivity contribution >= 4 is 13.9 Å². The number of carbonyl (C=O) groups is 1. The first-order valence-corrected chi connectivity index (χ1v) is 11.4. The molecule has 4 heteroatoms. The average Bonchev–Trinajstić information content (AvgIpc) is 2.73. The zero-order valence-electron chi connectivity index (χ0n) is 14.0. The van der Waals surface area contributed by atoms with E-state index in [9.17, 15) is 15.0 Å². The Kier molecular flexibility index (Phi) is 4.75. The maximum atomic E-state index is 13.1. The third kappa shape index (κ3) is 2.96. The number of aliphatic hydroxyl groups is 2. The van der Waals surface area contributed by atoms with E-state index < -0.39 is 20.3 Å². The molecule has 1 aliphatic carbocycles. The van der Waals surface area contributed by atoms with Crippen LogP contribution in [0.2, 0.25) is 19.6 Å². The van der Waals surface area contributed by atoms with Gasteiger partial charge >= 0.3 is 0 Å². The molecule has 120 valence electrons. The van der Waals surface area contributed by atoms with Crippen LogP contribution in [-0.4, -0.2) is 36.3 Å². The Morgan fingerprint density at radius 1 is 1.05 bits per heavy atom. The molecular weight excluding hydrogens is 292 g/mol. The van der Waals surface area contributed by atoms with Crippen LogP contribution < -0.4 is 0 Å². The maximum absolute atomic E-state index is 13.1. The fraction of sp³-hybridized carbons (Fsp3) is 0.500. The van der Waals surface area contributed by atoms with E-state index in [1.807, 2.05) is 30.3 Å². The fourth-order valence-corrected chi connectivity index (χ4v) is 5.79. The van der Waals surface area contributed by atoms with Gasteiger partial charge in [-0.2, -0.15) is 0 Å². The van der Waals surface area contributed by atoms with E-state index in [4.69, 9.17) is 0 Å². The van der Waals surface area contributed by atoms with Gasteiger partial charge in [0.25, 0.3) is 0 Å².